The van der Waals surface area contributed by atoms with E-state index in [0.29, 0.717) is 34.7 Å². The van der Waals surface area contributed by atoms with Crippen molar-refractivity contribution in [2.24, 2.45) is 0 Å². The summed E-state index contributed by atoms with van der Waals surface area (Å²) in [5.74, 6) is 2.00. The summed E-state index contributed by atoms with van der Waals surface area (Å²) < 4.78 is 11.3. The molecule has 0 fully saturated rings. The summed E-state index contributed by atoms with van der Waals surface area (Å²) in [7, 11) is 3.22. The van der Waals surface area contributed by atoms with Crippen LogP contribution in [0.25, 0.3) is 0 Å². The Bertz CT molecular complexity index is 1170. The fourth-order valence-electron chi connectivity index (χ4n) is 4.11. The van der Waals surface area contributed by atoms with E-state index in [0.717, 1.165) is 29.7 Å². The van der Waals surface area contributed by atoms with Crippen LogP contribution < -0.4 is 19.7 Å². The Hall–Kier alpha value is -3.59. The zero-order chi connectivity index (χ0) is 23.5. The third-order valence-electron chi connectivity index (χ3n) is 5.61. The van der Waals surface area contributed by atoms with Crippen molar-refractivity contribution in [2.45, 2.75) is 25.9 Å². The van der Waals surface area contributed by atoms with Crippen LogP contribution in [0.5, 0.6) is 11.5 Å². The van der Waals surface area contributed by atoms with Crippen LogP contribution in [0.15, 0.2) is 42.7 Å². The molecule has 2 aromatic carbocycles. The number of nitro groups is 1. The van der Waals surface area contributed by atoms with Gasteiger partial charge >= 0.3 is 0 Å². The molecule has 0 bridgehead atoms. The Morgan fingerprint density at radius 1 is 1.21 bits per heavy atom. The Morgan fingerprint density at radius 2 is 1.97 bits per heavy atom. The topological polar surface area (TPSA) is 103 Å². The first-order valence-electron chi connectivity index (χ1n) is 10.5. The summed E-state index contributed by atoms with van der Waals surface area (Å²) >= 11 is 6.52. The number of hydrogen-bond donors (Lipinski definition) is 1. The summed E-state index contributed by atoms with van der Waals surface area (Å²) in [5, 5.41) is 15.0. The lowest BCUT2D eigenvalue weighted by Gasteiger charge is -2.34. The van der Waals surface area contributed by atoms with Crippen LogP contribution in [0.2, 0.25) is 5.15 Å². The zero-order valence-corrected chi connectivity index (χ0v) is 19.3. The van der Waals surface area contributed by atoms with E-state index >= 15 is 0 Å². The summed E-state index contributed by atoms with van der Waals surface area (Å²) in [6, 6.07) is 9.81. The van der Waals surface area contributed by atoms with Crippen LogP contribution >= 0.6 is 11.6 Å². The van der Waals surface area contributed by atoms with Gasteiger partial charge in [-0.1, -0.05) is 18.5 Å². The first-order valence-corrected chi connectivity index (χ1v) is 10.9. The Morgan fingerprint density at radius 3 is 2.61 bits per heavy atom. The Labute approximate surface area is 196 Å². The van der Waals surface area contributed by atoms with Crippen LogP contribution in [-0.4, -0.2) is 35.7 Å². The third-order valence-corrected chi connectivity index (χ3v) is 5.89. The lowest BCUT2D eigenvalue weighted by molar-refractivity contribution is -0.384. The van der Waals surface area contributed by atoms with Gasteiger partial charge in [0.25, 0.3) is 5.69 Å². The number of hydrogen-bond acceptors (Lipinski definition) is 8. The van der Waals surface area contributed by atoms with E-state index in [4.69, 9.17) is 21.1 Å². The minimum absolute atomic E-state index is 0.0161. The fraction of sp³-hybridized carbons (Fsp3) is 0.304. The predicted molar refractivity (Wildman–Crippen MR) is 126 cm³/mol. The molecule has 0 radical (unpaired) electrons. The molecule has 172 valence electrons. The molecule has 1 unspecified atom stereocenters. The van der Waals surface area contributed by atoms with E-state index in [1.807, 2.05) is 12.1 Å². The van der Waals surface area contributed by atoms with Crippen molar-refractivity contribution in [1.29, 1.82) is 0 Å². The third kappa shape index (κ3) is 4.36. The van der Waals surface area contributed by atoms with Gasteiger partial charge in [0.1, 0.15) is 23.5 Å². The molecular formula is C23H24ClN5O4. The maximum atomic E-state index is 11.2. The molecule has 0 saturated heterocycles. The molecule has 2 heterocycles. The van der Waals surface area contributed by atoms with Crippen LogP contribution in [0.1, 0.15) is 36.1 Å². The molecule has 4 rings (SSSR count). The fourth-order valence-corrected chi connectivity index (χ4v) is 4.29. The van der Waals surface area contributed by atoms with Crippen molar-refractivity contribution >= 4 is 28.8 Å². The highest BCUT2D eigenvalue weighted by atomic mass is 35.5. The van der Waals surface area contributed by atoms with Crippen molar-refractivity contribution in [3.05, 3.63) is 74.7 Å². The van der Waals surface area contributed by atoms with Gasteiger partial charge in [-0.15, -0.1) is 0 Å². The van der Waals surface area contributed by atoms with Crippen molar-refractivity contribution < 1.29 is 14.4 Å². The molecule has 0 amide bonds. The lowest BCUT2D eigenvalue weighted by atomic mass is 9.91. The molecule has 3 aromatic rings. The van der Waals surface area contributed by atoms with Gasteiger partial charge in [0.2, 0.25) is 0 Å². The number of rotatable bonds is 6. The van der Waals surface area contributed by atoms with Crippen LogP contribution in [0, 0.1) is 10.1 Å². The lowest BCUT2D eigenvalue weighted by Crippen LogP contribution is -2.30. The molecule has 0 aliphatic carbocycles. The molecule has 10 heteroatoms. The summed E-state index contributed by atoms with van der Waals surface area (Å²) in [6.45, 7) is 3.40. The highest BCUT2D eigenvalue weighted by molar-refractivity contribution is 6.32. The normalized spacial score (nSPS) is 14.9. The summed E-state index contributed by atoms with van der Waals surface area (Å²) in [5.41, 5.74) is 3.29. The van der Waals surface area contributed by atoms with E-state index in [9.17, 15) is 10.1 Å². The molecule has 9 nitrogen and oxygen atoms in total. The van der Waals surface area contributed by atoms with Crippen molar-refractivity contribution in [2.75, 3.05) is 31.0 Å². The maximum absolute atomic E-state index is 11.2. The average molecular weight is 470 g/mol. The van der Waals surface area contributed by atoms with E-state index < -0.39 is 11.0 Å². The van der Waals surface area contributed by atoms with Crippen molar-refractivity contribution in [3.8, 4) is 11.5 Å². The first-order chi connectivity index (χ1) is 16.0. The van der Waals surface area contributed by atoms with Crippen LogP contribution in [0.4, 0.5) is 17.2 Å². The standard InChI is InChI=1S/C23H24ClN5O4/c1-4-9-28-12-15-10-17(32-2)11-18(33-3)19(15)20(14-5-7-16(8-6-14)29(30)31)27-21-22(24)25-13-26-23(21)28/h5-8,10-11,13,20,27H,4,9,12H2,1-3H3. The highest BCUT2D eigenvalue weighted by Crippen LogP contribution is 2.44. The molecule has 33 heavy (non-hydrogen) atoms. The molecule has 1 aliphatic rings. The zero-order valence-electron chi connectivity index (χ0n) is 18.5. The molecule has 1 atom stereocenters. The predicted octanol–water partition coefficient (Wildman–Crippen LogP) is 4.99. The summed E-state index contributed by atoms with van der Waals surface area (Å²) in [6.07, 6.45) is 2.35. The van der Waals surface area contributed by atoms with Gasteiger partial charge in [-0.2, -0.15) is 0 Å². The van der Waals surface area contributed by atoms with Gasteiger partial charge in [0.05, 0.1) is 25.2 Å². The van der Waals surface area contributed by atoms with Gasteiger partial charge in [0.15, 0.2) is 11.0 Å². The summed E-state index contributed by atoms with van der Waals surface area (Å²) in [4.78, 5) is 21.6. The number of aromatic nitrogens is 2. The first kappa shape index (κ1) is 22.6. The second-order valence-electron chi connectivity index (χ2n) is 7.61. The number of anilines is 2. The quantitative estimate of drug-likeness (QED) is 0.306. The Kier molecular flexibility index (Phi) is 6.50. The number of benzene rings is 2. The second kappa shape index (κ2) is 9.50. The number of halogens is 1. The monoisotopic (exact) mass is 469 g/mol. The number of methoxy groups -OCH3 is 2. The molecule has 0 spiro atoms. The number of fused-ring (bicyclic) bond motifs is 2. The molecule has 0 saturated carbocycles. The largest absolute Gasteiger partial charge is 0.497 e. The molecule has 1 aromatic heterocycles. The molecule has 1 N–H and O–H groups in total. The van der Waals surface area contributed by atoms with E-state index in [1.54, 1.807) is 26.4 Å². The van der Waals surface area contributed by atoms with Gasteiger partial charge in [-0.25, -0.2) is 9.97 Å². The number of non-ortho nitro benzene ring substituents is 1. The maximum Gasteiger partial charge on any atom is 0.269 e. The van der Waals surface area contributed by atoms with Crippen LogP contribution in [-0.2, 0) is 6.54 Å². The Balaban J connectivity index is 1.96. The van der Waals surface area contributed by atoms with Gasteiger partial charge in [0, 0.05) is 36.9 Å². The second-order valence-corrected chi connectivity index (χ2v) is 7.97. The smallest absolute Gasteiger partial charge is 0.269 e. The minimum atomic E-state index is -0.423. The average Bonchev–Trinajstić information content (AvgIpc) is 2.81. The van der Waals surface area contributed by atoms with Gasteiger partial charge in [-0.05, 0) is 35.7 Å². The van der Waals surface area contributed by atoms with E-state index in [-0.39, 0.29) is 5.69 Å². The highest BCUT2D eigenvalue weighted by Gasteiger charge is 2.30. The number of ether oxygens (including phenoxy) is 2. The minimum Gasteiger partial charge on any atom is -0.497 e. The number of nitrogens with one attached hydrogen (secondary N) is 1. The number of nitrogens with zero attached hydrogens (tertiary/aromatic N) is 4. The van der Waals surface area contributed by atoms with Gasteiger partial charge in [-0.3, -0.25) is 10.1 Å². The van der Waals surface area contributed by atoms with Crippen molar-refractivity contribution in [3.63, 3.8) is 0 Å². The van der Waals surface area contributed by atoms with Gasteiger partial charge < -0.3 is 19.7 Å². The molecule has 1 aliphatic heterocycles. The van der Waals surface area contributed by atoms with Crippen LogP contribution in [0.3, 0.4) is 0 Å². The van der Waals surface area contributed by atoms with E-state index in [1.165, 1.54) is 18.5 Å². The number of nitro benzene ring substituents is 1. The van der Waals surface area contributed by atoms with E-state index in [2.05, 4.69) is 27.1 Å². The molecular weight excluding hydrogens is 446 g/mol. The van der Waals surface area contributed by atoms with Crippen molar-refractivity contribution in [1.82, 2.24) is 9.97 Å². The SMILES string of the molecule is CCCN1Cc2cc(OC)cc(OC)c2C(c2ccc([N+](=O)[O-])cc2)Nc2c(Cl)ncnc21.